The van der Waals surface area contributed by atoms with Gasteiger partial charge in [0.1, 0.15) is 16.7 Å². The second kappa shape index (κ2) is 8.93. The molecule has 4 heterocycles. The number of hydrogen-bond donors (Lipinski definition) is 0. The molecule has 4 aromatic heterocycles. The van der Waals surface area contributed by atoms with Gasteiger partial charge >= 0.3 is 0 Å². The van der Waals surface area contributed by atoms with Crippen molar-refractivity contribution in [2.24, 2.45) is 0 Å². The molecule has 6 aromatic carbocycles. The third kappa shape index (κ3) is 3.41. The Balaban J connectivity index is 1.22. The first kappa shape index (κ1) is 23.9. The maximum absolute atomic E-state index is 6.35. The Morgan fingerprint density at radius 3 is 2.11 bits per heavy atom. The van der Waals surface area contributed by atoms with Crippen LogP contribution < -0.4 is 4.90 Å². The molecule has 44 heavy (non-hydrogen) atoms. The van der Waals surface area contributed by atoms with Gasteiger partial charge in [-0.3, -0.25) is 0 Å². The summed E-state index contributed by atoms with van der Waals surface area (Å²) in [6.45, 7) is 0. The molecule has 0 saturated heterocycles. The summed E-state index contributed by atoms with van der Waals surface area (Å²) in [6, 6.07) is 44.8. The molecule has 0 bridgehead atoms. The second-order valence-electron chi connectivity index (χ2n) is 11.2. The van der Waals surface area contributed by atoms with E-state index in [1.807, 2.05) is 35.7 Å². The molecule has 0 N–H and O–H groups in total. The number of pyridine rings is 1. The fraction of sp³-hybridized carbons (Fsp3) is 0. The van der Waals surface area contributed by atoms with E-state index in [2.05, 4.69) is 114 Å². The first-order valence-corrected chi connectivity index (χ1v) is 15.4. The summed E-state index contributed by atoms with van der Waals surface area (Å²) < 4.78 is 15.2. The quantitative estimate of drug-likeness (QED) is 0.208. The first-order chi connectivity index (χ1) is 21.8. The lowest BCUT2D eigenvalue weighted by atomic mass is 10.1. The van der Waals surface area contributed by atoms with E-state index in [1.54, 1.807) is 0 Å². The minimum atomic E-state index is 0.632. The third-order valence-electron chi connectivity index (χ3n) is 8.70. The molecule has 0 radical (unpaired) electrons. The van der Waals surface area contributed by atoms with E-state index in [-0.39, 0.29) is 0 Å². The van der Waals surface area contributed by atoms with E-state index in [1.165, 1.54) is 20.2 Å². The maximum atomic E-state index is 6.35. The molecule has 5 heteroatoms. The van der Waals surface area contributed by atoms with Crippen molar-refractivity contribution in [2.75, 3.05) is 4.90 Å². The zero-order valence-electron chi connectivity index (χ0n) is 23.3. The topological polar surface area (TPSA) is 42.4 Å². The maximum Gasteiger partial charge on any atom is 0.227 e. The van der Waals surface area contributed by atoms with Crippen molar-refractivity contribution in [3.63, 3.8) is 0 Å². The molecule has 0 fully saturated rings. The van der Waals surface area contributed by atoms with Crippen molar-refractivity contribution >= 4 is 103 Å². The minimum Gasteiger partial charge on any atom is -0.456 e. The van der Waals surface area contributed by atoms with Crippen molar-refractivity contribution in [3.8, 4) is 0 Å². The molecule has 0 amide bonds. The SMILES string of the molecule is c1ccc2c(c1)ccc1c3cc(N(c4ccc5c(c4)oc4ccccc45)c4ccc5c(c4)sc4ccccc45)cnc3oc21. The Labute approximate surface area is 255 Å². The van der Waals surface area contributed by atoms with Crippen LogP contribution in [0.5, 0.6) is 0 Å². The lowest BCUT2D eigenvalue weighted by molar-refractivity contribution is 0.657. The normalized spacial score (nSPS) is 12.1. The van der Waals surface area contributed by atoms with E-state index < -0.39 is 0 Å². The highest BCUT2D eigenvalue weighted by Gasteiger charge is 2.20. The second-order valence-corrected chi connectivity index (χ2v) is 12.3. The van der Waals surface area contributed by atoms with Gasteiger partial charge in [-0.25, -0.2) is 4.98 Å². The number of benzene rings is 6. The van der Waals surface area contributed by atoms with Crippen molar-refractivity contribution in [2.45, 2.75) is 0 Å². The molecule has 4 nitrogen and oxygen atoms in total. The highest BCUT2D eigenvalue weighted by molar-refractivity contribution is 7.25. The molecule has 0 aliphatic carbocycles. The van der Waals surface area contributed by atoms with Gasteiger partial charge in [-0.05, 0) is 53.9 Å². The summed E-state index contributed by atoms with van der Waals surface area (Å²) in [5, 5.41) is 9.06. The number of aromatic nitrogens is 1. The highest BCUT2D eigenvalue weighted by atomic mass is 32.1. The van der Waals surface area contributed by atoms with Gasteiger partial charge < -0.3 is 13.7 Å². The standard InChI is InChI=1S/C39H22N2O2S/c1-2-8-27-23(7-1)13-16-32-33-19-26(22-40-39(33)43-38(27)32)41(24-14-17-29-28-9-3-5-11-34(28)42-35(29)20-24)25-15-18-31-30-10-4-6-12-36(30)44-37(31)21-25/h1-22H. The van der Waals surface area contributed by atoms with E-state index in [4.69, 9.17) is 13.8 Å². The molecule has 0 aliphatic rings. The number of thiophene rings is 1. The number of para-hydroxylation sites is 1. The molecule has 0 saturated carbocycles. The Hall–Kier alpha value is -5.65. The summed E-state index contributed by atoms with van der Waals surface area (Å²) >= 11 is 1.82. The van der Waals surface area contributed by atoms with Gasteiger partial charge in [0.05, 0.1) is 17.3 Å². The van der Waals surface area contributed by atoms with E-state index in [0.717, 1.165) is 66.1 Å². The first-order valence-electron chi connectivity index (χ1n) is 14.6. The van der Waals surface area contributed by atoms with E-state index >= 15 is 0 Å². The van der Waals surface area contributed by atoms with Crippen LogP contribution in [0.15, 0.2) is 142 Å². The lowest BCUT2D eigenvalue weighted by Gasteiger charge is -2.25. The number of furan rings is 2. The van der Waals surface area contributed by atoms with Crippen LogP contribution in [0.4, 0.5) is 17.1 Å². The van der Waals surface area contributed by atoms with Gasteiger partial charge in [-0.1, -0.05) is 72.8 Å². The predicted molar refractivity (Wildman–Crippen MR) is 184 cm³/mol. The van der Waals surface area contributed by atoms with E-state index in [0.29, 0.717) is 5.71 Å². The summed E-state index contributed by atoms with van der Waals surface area (Å²) in [7, 11) is 0. The smallest absolute Gasteiger partial charge is 0.227 e. The molecule has 0 spiro atoms. The van der Waals surface area contributed by atoms with Gasteiger partial charge in [0.2, 0.25) is 5.71 Å². The molecule has 0 aliphatic heterocycles. The van der Waals surface area contributed by atoms with Gasteiger partial charge in [-0.15, -0.1) is 11.3 Å². The van der Waals surface area contributed by atoms with Crippen LogP contribution in [0.1, 0.15) is 0 Å². The fourth-order valence-electron chi connectivity index (χ4n) is 6.65. The highest BCUT2D eigenvalue weighted by Crippen LogP contribution is 2.43. The zero-order chi connectivity index (χ0) is 28.8. The van der Waals surface area contributed by atoms with Crippen molar-refractivity contribution in [1.82, 2.24) is 4.98 Å². The largest absolute Gasteiger partial charge is 0.456 e. The Kier molecular flexibility index (Phi) is 4.84. The molecule has 0 unspecified atom stereocenters. The molecule has 10 rings (SSSR count). The predicted octanol–water partition coefficient (Wildman–Crippen LogP) is 11.9. The van der Waals surface area contributed by atoms with Crippen LogP contribution in [-0.2, 0) is 0 Å². The van der Waals surface area contributed by atoms with Crippen LogP contribution in [0, 0.1) is 0 Å². The summed E-state index contributed by atoms with van der Waals surface area (Å²) in [5.41, 5.74) is 6.24. The van der Waals surface area contributed by atoms with Crippen LogP contribution >= 0.6 is 11.3 Å². The fourth-order valence-corrected chi connectivity index (χ4v) is 7.79. The molecule has 206 valence electrons. The number of hydrogen-bond acceptors (Lipinski definition) is 5. The van der Waals surface area contributed by atoms with Crippen LogP contribution in [0.2, 0.25) is 0 Å². The van der Waals surface area contributed by atoms with Gasteiger partial charge in [0.25, 0.3) is 0 Å². The molecular weight excluding hydrogens is 561 g/mol. The van der Waals surface area contributed by atoms with Crippen molar-refractivity contribution in [1.29, 1.82) is 0 Å². The third-order valence-corrected chi connectivity index (χ3v) is 9.84. The monoisotopic (exact) mass is 582 g/mol. The van der Waals surface area contributed by atoms with Crippen LogP contribution in [0.25, 0.3) is 75.0 Å². The minimum absolute atomic E-state index is 0.632. The van der Waals surface area contributed by atoms with E-state index in [9.17, 15) is 0 Å². The summed E-state index contributed by atoms with van der Waals surface area (Å²) in [4.78, 5) is 7.13. The van der Waals surface area contributed by atoms with Gasteiger partial charge in [0.15, 0.2) is 0 Å². The Bertz CT molecular complexity index is 2640. The summed E-state index contributed by atoms with van der Waals surface area (Å²) in [5.74, 6) is 0. The Morgan fingerprint density at radius 2 is 1.18 bits per heavy atom. The molecule has 10 aromatic rings. The number of nitrogens with zero attached hydrogens (tertiary/aromatic N) is 2. The van der Waals surface area contributed by atoms with Crippen LogP contribution in [0.3, 0.4) is 0 Å². The molecule has 0 atom stereocenters. The van der Waals surface area contributed by atoms with Crippen molar-refractivity contribution < 1.29 is 8.83 Å². The Morgan fingerprint density at radius 1 is 0.477 bits per heavy atom. The number of anilines is 3. The van der Waals surface area contributed by atoms with Crippen molar-refractivity contribution in [3.05, 3.63) is 134 Å². The van der Waals surface area contributed by atoms with Gasteiger partial charge in [0, 0.05) is 59.2 Å². The average Bonchev–Trinajstić information content (AvgIpc) is 3.75. The number of fused-ring (bicyclic) bond motifs is 11. The average molecular weight is 583 g/mol. The summed E-state index contributed by atoms with van der Waals surface area (Å²) in [6.07, 6.45) is 1.91. The van der Waals surface area contributed by atoms with Crippen LogP contribution in [-0.4, -0.2) is 4.98 Å². The number of rotatable bonds is 3. The lowest BCUT2D eigenvalue weighted by Crippen LogP contribution is -2.10. The van der Waals surface area contributed by atoms with Gasteiger partial charge in [-0.2, -0.15) is 0 Å². The molecular formula is C39H22N2O2S. The zero-order valence-corrected chi connectivity index (χ0v) is 24.1.